The number of halogens is 2. The van der Waals surface area contributed by atoms with Gasteiger partial charge in [0.2, 0.25) is 5.91 Å². The number of aromatic nitrogens is 4. The largest absolute Gasteiger partial charge is 0.378 e. The van der Waals surface area contributed by atoms with Crippen molar-refractivity contribution in [1.82, 2.24) is 24.5 Å². The van der Waals surface area contributed by atoms with E-state index in [9.17, 15) is 13.6 Å². The van der Waals surface area contributed by atoms with Gasteiger partial charge in [0.15, 0.2) is 0 Å². The summed E-state index contributed by atoms with van der Waals surface area (Å²) in [5.41, 5.74) is 0.344. The van der Waals surface area contributed by atoms with Crippen LogP contribution in [-0.4, -0.2) is 56.2 Å². The molecule has 9 heteroatoms. The van der Waals surface area contributed by atoms with Gasteiger partial charge in [0.05, 0.1) is 11.8 Å². The van der Waals surface area contributed by atoms with Crippen molar-refractivity contribution in [2.24, 2.45) is 0 Å². The lowest BCUT2D eigenvalue weighted by atomic mass is 9.93. The topological polar surface area (TPSA) is 72.6 Å². The molecule has 0 aromatic carbocycles. The lowest BCUT2D eigenvalue weighted by Crippen LogP contribution is -2.39. The normalized spacial score (nSPS) is 23.4. The van der Waals surface area contributed by atoms with Gasteiger partial charge in [0, 0.05) is 32.0 Å². The van der Waals surface area contributed by atoms with Gasteiger partial charge in [-0.15, -0.1) is 0 Å². The summed E-state index contributed by atoms with van der Waals surface area (Å²) < 4.78 is 33.4. The monoisotopic (exact) mass is 379 g/mol. The first-order chi connectivity index (χ1) is 13.1. The molecule has 7 nitrogen and oxygen atoms in total. The van der Waals surface area contributed by atoms with E-state index in [0.717, 1.165) is 43.2 Å². The summed E-state index contributed by atoms with van der Waals surface area (Å²) in [6.45, 7) is 1.99. The van der Waals surface area contributed by atoms with E-state index in [0.29, 0.717) is 25.2 Å². The van der Waals surface area contributed by atoms with E-state index in [1.165, 1.54) is 12.4 Å². The molecule has 2 aromatic rings. The zero-order valence-electron chi connectivity index (χ0n) is 15.1. The number of carbonyl (C=O) groups is 1. The molecule has 0 bridgehead atoms. The van der Waals surface area contributed by atoms with Crippen LogP contribution in [0.3, 0.4) is 0 Å². The zero-order valence-corrected chi connectivity index (χ0v) is 15.1. The van der Waals surface area contributed by atoms with Gasteiger partial charge in [-0.25, -0.2) is 13.8 Å². The molecule has 4 rings (SSSR count). The standard InChI is InChI=1S/C18H23F2N5O2/c19-17(20)15-9-14(23-18-21-11-22-25(15)18)12-3-1-7-24(10-12)16(26)6-5-13-4-2-8-27-13/h9,11-13,17H,1-8,10H2/t12-,13+/m1/s1. The van der Waals surface area contributed by atoms with Crippen LogP contribution in [0, 0.1) is 0 Å². The second-order valence-corrected chi connectivity index (χ2v) is 7.23. The third-order valence-electron chi connectivity index (χ3n) is 5.42. The molecule has 27 heavy (non-hydrogen) atoms. The molecule has 2 atom stereocenters. The molecule has 1 amide bonds. The van der Waals surface area contributed by atoms with Gasteiger partial charge in [-0.05, 0) is 38.2 Å². The van der Waals surface area contributed by atoms with Crippen LogP contribution in [0.2, 0.25) is 0 Å². The van der Waals surface area contributed by atoms with E-state index in [2.05, 4.69) is 15.1 Å². The van der Waals surface area contributed by atoms with Crippen molar-refractivity contribution in [2.45, 2.75) is 57.0 Å². The number of piperidine rings is 1. The number of alkyl halides is 2. The van der Waals surface area contributed by atoms with E-state index in [1.807, 2.05) is 4.90 Å². The number of ether oxygens (including phenoxy) is 1. The summed E-state index contributed by atoms with van der Waals surface area (Å²) in [4.78, 5) is 22.8. The highest BCUT2D eigenvalue weighted by atomic mass is 19.3. The van der Waals surface area contributed by atoms with Crippen LogP contribution in [0.5, 0.6) is 0 Å². The first-order valence-corrected chi connectivity index (χ1v) is 9.50. The molecule has 2 aromatic heterocycles. The molecule has 4 heterocycles. The average molecular weight is 379 g/mol. The van der Waals surface area contributed by atoms with Crippen molar-refractivity contribution < 1.29 is 18.3 Å². The van der Waals surface area contributed by atoms with Crippen molar-refractivity contribution in [1.29, 1.82) is 0 Å². The average Bonchev–Trinajstić information content (AvgIpc) is 3.36. The summed E-state index contributed by atoms with van der Waals surface area (Å²) in [7, 11) is 0. The quantitative estimate of drug-likeness (QED) is 0.799. The van der Waals surface area contributed by atoms with Crippen LogP contribution in [0.25, 0.3) is 5.78 Å². The number of likely N-dealkylation sites (tertiary alicyclic amines) is 1. The zero-order chi connectivity index (χ0) is 18.8. The molecule has 2 fully saturated rings. The maximum atomic E-state index is 13.4. The van der Waals surface area contributed by atoms with Gasteiger partial charge in [0.25, 0.3) is 12.2 Å². The fourth-order valence-electron chi connectivity index (χ4n) is 3.98. The van der Waals surface area contributed by atoms with Crippen molar-refractivity contribution >= 4 is 11.7 Å². The molecule has 0 spiro atoms. The van der Waals surface area contributed by atoms with Crippen molar-refractivity contribution in [3.8, 4) is 0 Å². The third-order valence-corrected chi connectivity index (χ3v) is 5.42. The van der Waals surface area contributed by atoms with Crippen LogP contribution >= 0.6 is 0 Å². The van der Waals surface area contributed by atoms with Crippen molar-refractivity contribution in [2.75, 3.05) is 19.7 Å². The van der Waals surface area contributed by atoms with Gasteiger partial charge in [0.1, 0.15) is 12.0 Å². The van der Waals surface area contributed by atoms with Gasteiger partial charge in [-0.2, -0.15) is 14.6 Å². The fraction of sp³-hybridized carbons (Fsp3) is 0.667. The predicted octanol–water partition coefficient (Wildman–Crippen LogP) is 2.73. The molecule has 2 saturated heterocycles. The summed E-state index contributed by atoms with van der Waals surface area (Å²) in [5, 5.41) is 3.82. The number of fused-ring (bicyclic) bond motifs is 1. The summed E-state index contributed by atoms with van der Waals surface area (Å²) in [6, 6.07) is 1.40. The highest BCUT2D eigenvalue weighted by Crippen LogP contribution is 2.29. The van der Waals surface area contributed by atoms with Gasteiger partial charge < -0.3 is 9.64 Å². The Bertz CT molecular complexity index is 806. The Morgan fingerprint density at radius 1 is 1.33 bits per heavy atom. The molecule has 2 aliphatic rings. The number of hydrogen-bond acceptors (Lipinski definition) is 5. The van der Waals surface area contributed by atoms with Gasteiger partial charge in [-0.3, -0.25) is 4.79 Å². The van der Waals surface area contributed by atoms with E-state index in [-0.39, 0.29) is 29.4 Å². The minimum absolute atomic E-state index is 0.0652. The molecule has 0 N–H and O–H groups in total. The molecular weight excluding hydrogens is 356 g/mol. The lowest BCUT2D eigenvalue weighted by molar-refractivity contribution is -0.133. The highest BCUT2D eigenvalue weighted by molar-refractivity contribution is 5.76. The molecular formula is C18H23F2N5O2. The van der Waals surface area contributed by atoms with E-state index in [1.54, 1.807) is 0 Å². The minimum atomic E-state index is -2.66. The second kappa shape index (κ2) is 7.84. The van der Waals surface area contributed by atoms with Crippen LogP contribution in [0.1, 0.15) is 62.3 Å². The fourth-order valence-corrected chi connectivity index (χ4v) is 3.98. The molecule has 146 valence electrons. The summed E-state index contributed by atoms with van der Waals surface area (Å²) in [5.74, 6) is 0.210. The van der Waals surface area contributed by atoms with Gasteiger partial charge in [-0.1, -0.05) is 0 Å². The van der Waals surface area contributed by atoms with E-state index < -0.39 is 6.43 Å². The number of nitrogens with zero attached hydrogens (tertiary/aromatic N) is 5. The molecule has 2 aliphatic heterocycles. The van der Waals surface area contributed by atoms with Crippen LogP contribution < -0.4 is 0 Å². The van der Waals surface area contributed by atoms with Crippen molar-refractivity contribution in [3.05, 3.63) is 23.8 Å². The highest BCUT2D eigenvalue weighted by Gasteiger charge is 2.28. The smallest absolute Gasteiger partial charge is 0.280 e. The van der Waals surface area contributed by atoms with Gasteiger partial charge >= 0.3 is 0 Å². The molecule has 0 saturated carbocycles. The summed E-state index contributed by atoms with van der Waals surface area (Å²) in [6.07, 6.45) is 3.71. The number of rotatable bonds is 5. The SMILES string of the molecule is O=C(CC[C@@H]1CCCO1)N1CCC[C@@H](c2cc(C(F)F)n3ncnc3n2)C1. The van der Waals surface area contributed by atoms with Crippen molar-refractivity contribution in [3.63, 3.8) is 0 Å². The van der Waals surface area contributed by atoms with Crippen LogP contribution in [0.4, 0.5) is 8.78 Å². The third kappa shape index (κ3) is 3.92. The van der Waals surface area contributed by atoms with E-state index >= 15 is 0 Å². The second-order valence-electron chi connectivity index (χ2n) is 7.23. The number of hydrogen-bond donors (Lipinski definition) is 0. The molecule has 0 aliphatic carbocycles. The Labute approximate surface area is 155 Å². The molecule has 0 radical (unpaired) electrons. The Hall–Kier alpha value is -2.16. The number of amides is 1. The first-order valence-electron chi connectivity index (χ1n) is 9.50. The maximum Gasteiger partial charge on any atom is 0.280 e. The Balaban J connectivity index is 1.46. The van der Waals surface area contributed by atoms with Crippen LogP contribution in [0.15, 0.2) is 12.4 Å². The minimum Gasteiger partial charge on any atom is -0.378 e. The Morgan fingerprint density at radius 2 is 2.22 bits per heavy atom. The Morgan fingerprint density at radius 3 is 3.00 bits per heavy atom. The van der Waals surface area contributed by atoms with E-state index in [4.69, 9.17) is 4.74 Å². The first kappa shape index (κ1) is 18.2. The lowest BCUT2D eigenvalue weighted by Gasteiger charge is -2.33. The maximum absolute atomic E-state index is 13.4. The number of carbonyl (C=O) groups excluding carboxylic acids is 1. The molecule has 0 unspecified atom stereocenters. The predicted molar refractivity (Wildman–Crippen MR) is 92.5 cm³/mol. The summed E-state index contributed by atoms with van der Waals surface area (Å²) >= 11 is 0. The Kier molecular flexibility index (Phi) is 5.29. The van der Waals surface area contributed by atoms with Crippen LogP contribution in [-0.2, 0) is 9.53 Å².